The number of carbonyl (C=O) groups excluding carboxylic acids is 1. The molecule has 0 spiro atoms. The van der Waals surface area contributed by atoms with E-state index in [1.54, 1.807) is 24.3 Å². The van der Waals surface area contributed by atoms with Crippen molar-refractivity contribution in [3.8, 4) is 0 Å². The van der Waals surface area contributed by atoms with Crippen LogP contribution in [-0.2, 0) is 26.0 Å². The van der Waals surface area contributed by atoms with Crippen molar-refractivity contribution in [1.82, 2.24) is 14.9 Å². The number of hydrogen-bond donors (Lipinski definition) is 2. The maximum Gasteiger partial charge on any atom is 0.324 e. The Labute approximate surface area is 273 Å². The number of ether oxygens (including phenoxy) is 1. The van der Waals surface area contributed by atoms with Gasteiger partial charge in [-0.3, -0.25) is 4.79 Å². The van der Waals surface area contributed by atoms with Gasteiger partial charge >= 0.3 is 5.97 Å². The van der Waals surface area contributed by atoms with Crippen molar-refractivity contribution in [2.75, 3.05) is 20.2 Å². The molecule has 0 amide bonds. The second kappa shape index (κ2) is 17.3. The summed E-state index contributed by atoms with van der Waals surface area (Å²) in [5, 5.41) is 6.79. The van der Waals surface area contributed by atoms with Gasteiger partial charge in [-0.1, -0.05) is 117 Å². The van der Waals surface area contributed by atoms with Crippen LogP contribution in [0.3, 0.4) is 0 Å². The summed E-state index contributed by atoms with van der Waals surface area (Å²) < 4.78 is 33.8. The molecule has 236 valence electrons. The fourth-order valence-corrected chi connectivity index (χ4v) is 7.10. The highest BCUT2D eigenvalue weighted by molar-refractivity contribution is 7.89. The molecule has 3 aromatic carbocycles. The first-order valence-electron chi connectivity index (χ1n) is 14.9. The minimum Gasteiger partial charge on any atom is -0.468 e. The lowest BCUT2D eigenvalue weighted by Gasteiger charge is -2.30. The van der Waals surface area contributed by atoms with Gasteiger partial charge in [0.1, 0.15) is 11.0 Å². The van der Waals surface area contributed by atoms with E-state index in [2.05, 4.69) is 22.8 Å². The lowest BCUT2D eigenvalue weighted by atomic mass is 10.0. The third-order valence-electron chi connectivity index (χ3n) is 7.14. The normalized spacial score (nSPS) is 12.9. The number of nitrogens with zero attached hydrogens (tertiary/aromatic N) is 1. The molecule has 2 N–H and O–H groups in total. The molecule has 0 aliphatic heterocycles. The van der Waals surface area contributed by atoms with Crippen LogP contribution < -0.4 is 10.6 Å². The average Bonchev–Trinajstić information content (AvgIpc) is 3.02. The number of hydrogen-bond acceptors (Lipinski definition) is 6. The molecular formula is C34H43N3O4S3. The first kappa shape index (κ1) is 35.3. The molecule has 0 aliphatic rings. The third kappa shape index (κ3) is 10.5. The highest BCUT2D eigenvalue weighted by Gasteiger charge is 2.36. The number of nitrogens with one attached hydrogen (secondary N) is 2. The molecule has 0 saturated heterocycles. The van der Waals surface area contributed by atoms with Crippen LogP contribution in [0.15, 0.2) is 89.8 Å². The lowest BCUT2D eigenvalue weighted by molar-refractivity contribution is -0.145. The number of methoxy groups -OCH3 is 1. The molecule has 0 saturated carbocycles. The summed E-state index contributed by atoms with van der Waals surface area (Å²) in [6.07, 6.45) is 2.25. The van der Waals surface area contributed by atoms with Gasteiger partial charge < -0.3 is 15.4 Å². The van der Waals surface area contributed by atoms with Crippen LogP contribution in [0.4, 0.5) is 0 Å². The molecule has 3 rings (SSSR count). The molecule has 0 fully saturated rings. The number of unbranched alkanes of at least 4 members (excludes halogenated alkanes) is 1. The second-order valence-electron chi connectivity index (χ2n) is 11.2. The number of benzene rings is 3. The predicted octanol–water partition coefficient (Wildman–Crippen LogP) is 5.85. The van der Waals surface area contributed by atoms with Gasteiger partial charge in [-0.25, -0.2) is 8.42 Å². The Morgan fingerprint density at radius 2 is 1.52 bits per heavy atom. The van der Waals surface area contributed by atoms with Gasteiger partial charge in [0.25, 0.3) is 0 Å². The first-order valence-corrected chi connectivity index (χ1v) is 17.1. The molecule has 0 bridgehead atoms. The van der Waals surface area contributed by atoms with Crippen LogP contribution >= 0.6 is 24.4 Å². The zero-order valence-corrected chi connectivity index (χ0v) is 28.3. The van der Waals surface area contributed by atoms with Crippen LogP contribution in [0.2, 0.25) is 0 Å². The third-order valence-corrected chi connectivity index (χ3v) is 9.81. The van der Waals surface area contributed by atoms with E-state index in [1.807, 2.05) is 69.3 Å². The van der Waals surface area contributed by atoms with Gasteiger partial charge in [0, 0.05) is 18.7 Å². The summed E-state index contributed by atoms with van der Waals surface area (Å²) in [5.74, 6) is -0.552. The number of aryl methyl sites for hydroxylation is 1. The number of carbonyl (C=O) groups is 1. The molecule has 3 aromatic rings. The molecule has 0 heterocycles. The molecule has 2 atom stereocenters. The Kier molecular flexibility index (Phi) is 13.9. The predicted molar refractivity (Wildman–Crippen MR) is 185 cm³/mol. The number of thiocarbonyl (C=S) groups is 2. The summed E-state index contributed by atoms with van der Waals surface area (Å²) in [6, 6.07) is 25.4. The molecular weight excluding hydrogens is 611 g/mol. The van der Waals surface area contributed by atoms with Crippen molar-refractivity contribution in [2.45, 2.75) is 63.4 Å². The van der Waals surface area contributed by atoms with E-state index in [-0.39, 0.29) is 23.4 Å². The standard InChI is InChI=1S/C34H43N3O4S3/c1-25(2)24-37(44(39,40)29-20-18-26(3)19-21-29)31(34(38)41-4)17-11-12-22-35-33(43)30(23-27-13-7-5-8-14-27)36-32(42)28-15-9-6-10-16-28/h5-10,13-16,18-21,25,30-31H,11-12,17,22-24H2,1-4H3,(H,35,43)(H,36,42)/t30-,31-/m0/s1. The number of esters is 1. The smallest absolute Gasteiger partial charge is 0.324 e. The Balaban J connectivity index is 1.66. The van der Waals surface area contributed by atoms with Gasteiger partial charge in [-0.15, -0.1) is 0 Å². The quantitative estimate of drug-likeness (QED) is 0.113. The summed E-state index contributed by atoms with van der Waals surface area (Å²) in [5.41, 5.74) is 3.01. The Bertz CT molecular complexity index is 1460. The fraction of sp³-hybridized carbons (Fsp3) is 0.382. The van der Waals surface area contributed by atoms with Crippen molar-refractivity contribution >= 4 is 50.4 Å². The van der Waals surface area contributed by atoms with Crippen molar-refractivity contribution in [1.29, 1.82) is 0 Å². The lowest BCUT2D eigenvalue weighted by Crippen LogP contribution is -2.47. The van der Waals surface area contributed by atoms with Crippen LogP contribution in [0.5, 0.6) is 0 Å². The van der Waals surface area contributed by atoms with Crippen LogP contribution in [0.1, 0.15) is 49.8 Å². The van der Waals surface area contributed by atoms with Gasteiger partial charge in [0.05, 0.1) is 23.0 Å². The van der Waals surface area contributed by atoms with Crippen molar-refractivity contribution < 1.29 is 17.9 Å². The zero-order chi connectivity index (χ0) is 32.1. The van der Waals surface area contributed by atoms with Crippen LogP contribution in [0, 0.1) is 12.8 Å². The summed E-state index contributed by atoms with van der Waals surface area (Å²) >= 11 is 11.5. The van der Waals surface area contributed by atoms with Crippen molar-refractivity contribution in [3.63, 3.8) is 0 Å². The van der Waals surface area contributed by atoms with E-state index in [4.69, 9.17) is 29.2 Å². The second-order valence-corrected chi connectivity index (χ2v) is 13.9. The van der Waals surface area contributed by atoms with Gasteiger partial charge in [-0.05, 0) is 56.2 Å². The average molecular weight is 654 g/mol. The highest BCUT2D eigenvalue weighted by atomic mass is 32.2. The monoisotopic (exact) mass is 653 g/mol. The fourth-order valence-electron chi connectivity index (χ4n) is 4.80. The zero-order valence-electron chi connectivity index (χ0n) is 25.9. The molecule has 0 radical (unpaired) electrons. The maximum absolute atomic E-state index is 13.7. The summed E-state index contributed by atoms with van der Waals surface area (Å²) in [6.45, 7) is 6.52. The largest absolute Gasteiger partial charge is 0.468 e. The molecule has 0 aromatic heterocycles. The molecule has 0 aliphatic carbocycles. The first-order chi connectivity index (χ1) is 21.0. The molecule has 10 heteroatoms. The van der Waals surface area contributed by atoms with E-state index < -0.39 is 22.0 Å². The van der Waals surface area contributed by atoms with E-state index in [1.165, 1.54) is 11.4 Å². The van der Waals surface area contributed by atoms with Gasteiger partial charge in [-0.2, -0.15) is 4.31 Å². The maximum atomic E-state index is 13.7. The minimum absolute atomic E-state index is 0.0115. The molecule has 7 nitrogen and oxygen atoms in total. The Morgan fingerprint density at radius 3 is 2.11 bits per heavy atom. The van der Waals surface area contributed by atoms with Crippen molar-refractivity contribution in [3.05, 3.63) is 102 Å². The minimum atomic E-state index is -3.92. The molecule has 0 unspecified atom stereocenters. The van der Waals surface area contributed by atoms with E-state index >= 15 is 0 Å². The van der Waals surface area contributed by atoms with E-state index in [0.29, 0.717) is 42.2 Å². The number of sulfonamides is 1. The van der Waals surface area contributed by atoms with E-state index in [0.717, 1.165) is 16.7 Å². The SMILES string of the molecule is COC(=O)[C@H](CCCCNC(=S)[C@H](Cc1ccccc1)NC(=S)c1ccccc1)N(CC(C)C)S(=O)(=O)c1ccc(C)cc1. The van der Waals surface area contributed by atoms with Gasteiger partial charge in [0.15, 0.2) is 0 Å². The van der Waals surface area contributed by atoms with Crippen LogP contribution in [0.25, 0.3) is 0 Å². The summed E-state index contributed by atoms with van der Waals surface area (Å²) in [7, 11) is -2.63. The van der Waals surface area contributed by atoms with Crippen LogP contribution in [-0.4, -0.2) is 61.0 Å². The Hall–Kier alpha value is -3.18. The molecule has 44 heavy (non-hydrogen) atoms. The van der Waals surface area contributed by atoms with E-state index in [9.17, 15) is 13.2 Å². The highest BCUT2D eigenvalue weighted by Crippen LogP contribution is 2.24. The van der Waals surface area contributed by atoms with Crippen molar-refractivity contribution in [2.24, 2.45) is 5.92 Å². The Morgan fingerprint density at radius 1 is 0.909 bits per heavy atom. The number of rotatable bonds is 16. The topological polar surface area (TPSA) is 87.7 Å². The summed E-state index contributed by atoms with van der Waals surface area (Å²) in [4.78, 5) is 14.4. The van der Waals surface area contributed by atoms with Gasteiger partial charge in [0.2, 0.25) is 10.0 Å².